The topological polar surface area (TPSA) is 70.4 Å². The summed E-state index contributed by atoms with van der Waals surface area (Å²) in [4.78, 5) is 30.5. The maximum atomic E-state index is 12.8. The molecule has 0 spiro atoms. The van der Waals surface area contributed by atoms with Crippen molar-refractivity contribution in [1.29, 1.82) is 0 Å². The monoisotopic (exact) mass is 348 g/mol. The molecule has 2 aromatic rings. The van der Waals surface area contributed by atoms with E-state index in [9.17, 15) is 9.59 Å². The van der Waals surface area contributed by atoms with Crippen molar-refractivity contribution in [3.8, 4) is 12.3 Å². The molecule has 2 aromatic heterocycles. The number of hydrogen-bond acceptors (Lipinski definition) is 6. The second-order valence-corrected chi connectivity index (χ2v) is 6.58. The molecule has 0 saturated carbocycles. The SMILES string of the molecule is C#CCn1c(C(C)C)nc2sc(C(=O)OCCOC)c(C)c2c1=O. The number of aromatic nitrogens is 2. The third kappa shape index (κ3) is 3.35. The zero-order valence-corrected chi connectivity index (χ0v) is 15.0. The number of methoxy groups -OCH3 is 1. The summed E-state index contributed by atoms with van der Waals surface area (Å²) < 4.78 is 11.5. The van der Waals surface area contributed by atoms with Gasteiger partial charge in [0.05, 0.1) is 18.5 Å². The van der Waals surface area contributed by atoms with E-state index in [1.54, 1.807) is 6.92 Å². The first-order valence-electron chi connectivity index (χ1n) is 7.55. The maximum absolute atomic E-state index is 12.8. The average molecular weight is 348 g/mol. The van der Waals surface area contributed by atoms with Crippen molar-refractivity contribution in [3.63, 3.8) is 0 Å². The molecule has 0 amide bonds. The maximum Gasteiger partial charge on any atom is 0.348 e. The molecule has 24 heavy (non-hydrogen) atoms. The second kappa shape index (κ2) is 7.60. The van der Waals surface area contributed by atoms with E-state index in [1.165, 1.54) is 23.0 Å². The minimum atomic E-state index is -0.471. The molecule has 0 radical (unpaired) electrons. The number of carbonyl (C=O) groups excluding carboxylic acids is 1. The standard InChI is InChI=1S/C17H20N2O4S/c1-6-7-19-14(10(2)3)18-15-12(16(19)20)11(4)13(24-15)17(21)23-9-8-22-5/h1,10H,7-9H2,2-5H3. The van der Waals surface area contributed by atoms with Crippen molar-refractivity contribution in [2.24, 2.45) is 0 Å². The highest BCUT2D eigenvalue weighted by molar-refractivity contribution is 7.20. The summed E-state index contributed by atoms with van der Waals surface area (Å²) in [5, 5.41) is 0.429. The number of hydrogen-bond donors (Lipinski definition) is 0. The molecule has 0 aliphatic rings. The van der Waals surface area contributed by atoms with Crippen LogP contribution in [0.5, 0.6) is 0 Å². The van der Waals surface area contributed by atoms with Gasteiger partial charge in [0.1, 0.15) is 22.1 Å². The van der Waals surface area contributed by atoms with E-state index in [2.05, 4.69) is 10.9 Å². The van der Waals surface area contributed by atoms with Crippen molar-refractivity contribution in [2.45, 2.75) is 33.2 Å². The predicted octanol–water partition coefficient (Wildman–Crippen LogP) is 2.33. The van der Waals surface area contributed by atoms with E-state index in [0.29, 0.717) is 33.1 Å². The number of nitrogens with zero attached hydrogens (tertiary/aromatic N) is 2. The Hall–Kier alpha value is -2.17. The lowest BCUT2D eigenvalue weighted by atomic mass is 10.1. The lowest BCUT2D eigenvalue weighted by Gasteiger charge is -2.12. The third-order valence-corrected chi connectivity index (χ3v) is 4.72. The van der Waals surface area contributed by atoms with Crippen molar-refractivity contribution in [3.05, 3.63) is 26.6 Å². The summed E-state index contributed by atoms with van der Waals surface area (Å²) in [6.07, 6.45) is 5.38. The number of carbonyl (C=O) groups is 1. The number of esters is 1. The smallest absolute Gasteiger partial charge is 0.348 e. The summed E-state index contributed by atoms with van der Waals surface area (Å²) in [6, 6.07) is 0. The van der Waals surface area contributed by atoms with Crippen LogP contribution in [0.3, 0.4) is 0 Å². The van der Waals surface area contributed by atoms with Crippen LogP contribution in [-0.4, -0.2) is 35.8 Å². The molecule has 0 aliphatic heterocycles. The number of fused-ring (bicyclic) bond motifs is 1. The van der Waals surface area contributed by atoms with Crippen LogP contribution in [-0.2, 0) is 16.0 Å². The van der Waals surface area contributed by atoms with E-state index in [1.807, 2.05) is 13.8 Å². The summed E-state index contributed by atoms with van der Waals surface area (Å²) in [5.74, 6) is 2.67. The lowest BCUT2D eigenvalue weighted by molar-refractivity contribution is 0.0393. The summed E-state index contributed by atoms with van der Waals surface area (Å²) in [6.45, 7) is 6.25. The molecule has 0 aliphatic carbocycles. The Morgan fingerprint density at radius 1 is 1.42 bits per heavy atom. The van der Waals surface area contributed by atoms with E-state index in [0.717, 1.165) is 0 Å². The molecule has 0 saturated heterocycles. The van der Waals surface area contributed by atoms with Crippen molar-refractivity contribution >= 4 is 27.5 Å². The largest absolute Gasteiger partial charge is 0.459 e. The Bertz CT molecular complexity index is 858. The summed E-state index contributed by atoms with van der Waals surface area (Å²) >= 11 is 1.17. The number of terminal acetylenes is 1. The van der Waals surface area contributed by atoms with Gasteiger partial charge < -0.3 is 9.47 Å². The fourth-order valence-electron chi connectivity index (χ4n) is 2.40. The Morgan fingerprint density at radius 2 is 2.12 bits per heavy atom. The Balaban J connectivity index is 2.58. The molecular weight excluding hydrogens is 328 g/mol. The normalized spacial score (nSPS) is 11.0. The van der Waals surface area contributed by atoms with Gasteiger partial charge in [-0.3, -0.25) is 9.36 Å². The fourth-order valence-corrected chi connectivity index (χ4v) is 3.47. The van der Waals surface area contributed by atoms with E-state index in [4.69, 9.17) is 15.9 Å². The number of aryl methyl sites for hydroxylation is 1. The van der Waals surface area contributed by atoms with Crippen LogP contribution < -0.4 is 5.56 Å². The molecule has 0 fully saturated rings. The van der Waals surface area contributed by atoms with Gasteiger partial charge in [0, 0.05) is 13.0 Å². The van der Waals surface area contributed by atoms with Crippen LogP contribution in [0.4, 0.5) is 0 Å². The van der Waals surface area contributed by atoms with Gasteiger partial charge in [-0.25, -0.2) is 9.78 Å². The highest BCUT2D eigenvalue weighted by atomic mass is 32.1. The van der Waals surface area contributed by atoms with Gasteiger partial charge in [0.25, 0.3) is 5.56 Å². The molecule has 0 atom stereocenters. The number of ether oxygens (including phenoxy) is 2. The molecule has 2 rings (SSSR count). The lowest BCUT2D eigenvalue weighted by Crippen LogP contribution is -2.25. The molecule has 2 heterocycles. The zero-order valence-electron chi connectivity index (χ0n) is 14.2. The van der Waals surface area contributed by atoms with Crippen molar-refractivity contribution in [2.75, 3.05) is 20.3 Å². The van der Waals surface area contributed by atoms with Gasteiger partial charge in [0.2, 0.25) is 0 Å². The zero-order chi connectivity index (χ0) is 17.9. The molecule has 0 unspecified atom stereocenters. The van der Waals surface area contributed by atoms with Crippen molar-refractivity contribution < 1.29 is 14.3 Å². The van der Waals surface area contributed by atoms with E-state index in [-0.39, 0.29) is 24.6 Å². The Kier molecular flexibility index (Phi) is 5.75. The first kappa shape index (κ1) is 18.2. The number of thiophene rings is 1. The summed E-state index contributed by atoms with van der Waals surface area (Å²) in [7, 11) is 1.53. The Morgan fingerprint density at radius 3 is 2.71 bits per heavy atom. The van der Waals surface area contributed by atoms with Crippen LogP contribution in [0.1, 0.15) is 40.8 Å². The molecule has 0 aromatic carbocycles. The highest BCUT2D eigenvalue weighted by Crippen LogP contribution is 2.29. The first-order valence-corrected chi connectivity index (χ1v) is 8.37. The van der Waals surface area contributed by atoms with Crippen LogP contribution >= 0.6 is 11.3 Å². The number of rotatable bonds is 6. The van der Waals surface area contributed by atoms with Gasteiger partial charge in [0.15, 0.2) is 0 Å². The minimum absolute atomic E-state index is 0.0370. The molecular formula is C17H20N2O4S. The molecule has 6 nitrogen and oxygen atoms in total. The van der Waals surface area contributed by atoms with Gasteiger partial charge in [-0.15, -0.1) is 17.8 Å². The van der Waals surface area contributed by atoms with Crippen molar-refractivity contribution in [1.82, 2.24) is 9.55 Å². The van der Waals surface area contributed by atoms with Crippen LogP contribution in [0, 0.1) is 19.3 Å². The van der Waals surface area contributed by atoms with Gasteiger partial charge in [-0.2, -0.15) is 0 Å². The van der Waals surface area contributed by atoms with Gasteiger partial charge >= 0.3 is 5.97 Å². The molecule has 0 N–H and O–H groups in total. The summed E-state index contributed by atoms with van der Waals surface area (Å²) in [5.41, 5.74) is 0.363. The quantitative estimate of drug-likeness (QED) is 0.455. The predicted molar refractivity (Wildman–Crippen MR) is 93.7 cm³/mol. The fraction of sp³-hybridized carbons (Fsp3) is 0.471. The molecule has 0 bridgehead atoms. The average Bonchev–Trinajstić information content (AvgIpc) is 2.87. The Labute approximate surface area is 144 Å². The first-order chi connectivity index (χ1) is 11.4. The van der Waals surface area contributed by atoms with Crippen LogP contribution in [0.15, 0.2) is 4.79 Å². The van der Waals surface area contributed by atoms with E-state index >= 15 is 0 Å². The van der Waals surface area contributed by atoms with E-state index < -0.39 is 5.97 Å². The molecule has 128 valence electrons. The minimum Gasteiger partial charge on any atom is -0.459 e. The second-order valence-electron chi connectivity index (χ2n) is 5.59. The van der Waals surface area contributed by atoms with Crippen LogP contribution in [0.2, 0.25) is 0 Å². The highest BCUT2D eigenvalue weighted by Gasteiger charge is 2.22. The van der Waals surface area contributed by atoms with Gasteiger partial charge in [-0.05, 0) is 12.5 Å². The third-order valence-electron chi connectivity index (χ3n) is 3.55. The van der Waals surface area contributed by atoms with Gasteiger partial charge in [-0.1, -0.05) is 19.8 Å². The molecule has 7 heteroatoms. The van der Waals surface area contributed by atoms with Crippen LogP contribution in [0.25, 0.3) is 10.2 Å².